The van der Waals surface area contributed by atoms with Gasteiger partial charge in [0.15, 0.2) is 5.17 Å². The predicted molar refractivity (Wildman–Crippen MR) is 122 cm³/mol. The number of amidine groups is 1. The second-order valence-electron chi connectivity index (χ2n) is 6.45. The molecule has 4 rings (SSSR count). The van der Waals surface area contributed by atoms with Crippen molar-refractivity contribution >= 4 is 46.3 Å². The number of halogens is 1. The molecule has 3 aromatic rings. The molecule has 1 unspecified atom stereocenters. The van der Waals surface area contributed by atoms with Crippen LogP contribution >= 0.6 is 23.4 Å². The number of rotatable bonds is 5. The molecule has 1 atom stereocenters. The van der Waals surface area contributed by atoms with Crippen molar-refractivity contribution in [2.45, 2.75) is 11.7 Å². The number of nitrogens with zero attached hydrogens (tertiary/aromatic N) is 3. The van der Waals surface area contributed by atoms with E-state index in [-0.39, 0.29) is 11.2 Å². The summed E-state index contributed by atoms with van der Waals surface area (Å²) < 4.78 is 0. The van der Waals surface area contributed by atoms with Gasteiger partial charge in [0.2, 0.25) is 5.91 Å². The molecule has 1 aliphatic rings. The Hall–Kier alpha value is -2.89. The van der Waals surface area contributed by atoms with E-state index in [2.05, 4.69) is 10.2 Å². The second-order valence-corrected chi connectivity index (χ2v) is 8.03. The second kappa shape index (κ2) is 9.07. The molecule has 0 saturated carbocycles. The standard InChI is InChI=1S/C23H18ClN3OS/c24-20-14-8-7-11-18(20)16-25-26-23-27(19-12-5-2-6-13-19)22(28)21(29-23)15-17-9-3-1-4-10-17/h1-14,16,21H,15H2/b25-16+,26-23-. The Morgan fingerprint density at radius 3 is 2.31 bits per heavy atom. The summed E-state index contributed by atoms with van der Waals surface area (Å²) in [6.07, 6.45) is 2.25. The molecule has 1 amide bonds. The van der Waals surface area contributed by atoms with Gasteiger partial charge in [-0.1, -0.05) is 90.1 Å². The van der Waals surface area contributed by atoms with Crippen molar-refractivity contribution < 1.29 is 4.79 Å². The maximum atomic E-state index is 13.2. The minimum Gasteiger partial charge on any atom is -0.273 e. The van der Waals surface area contributed by atoms with E-state index >= 15 is 0 Å². The Balaban J connectivity index is 1.62. The Kier molecular flexibility index (Phi) is 6.08. The van der Waals surface area contributed by atoms with E-state index in [0.717, 1.165) is 16.8 Å². The van der Waals surface area contributed by atoms with E-state index in [0.29, 0.717) is 16.6 Å². The normalized spacial score (nSPS) is 18.1. The van der Waals surface area contributed by atoms with Crippen LogP contribution in [0.4, 0.5) is 5.69 Å². The van der Waals surface area contributed by atoms with Crippen molar-refractivity contribution in [1.29, 1.82) is 0 Å². The van der Waals surface area contributed by atoms with Crippen LogP contribution in [0.3, 0.4) is 0 Å². The Morgan fingerprint density at radius 2 is 1.59 bits per heavy atom. The van der Waals surface area contributed by atoms with Crippen molar-refractivity contribution in [3.05, 3.63) is 101 Å². The predicted octanol–water partition coefficient (Wildman–Crippen LogP) is 5.42. The first-order chi connectivity index (χ1) is 14.2. The Labute approximate surface area is 178 Å². The molecule has 29 heavy (non-hydrogen) atoms. The largest absolute Gasteiger partial charge is 0.273 e. The van der Waals surface area contributed by atoms with Crippen LogP contribution in [0.1, 0.15) is 11.1 Å². The minimum atomic E-state index is -0.244. The molecule has 0 aromatic heterocycles. The molecule has 0 radical (unpaired) electrons. The zero-order chi connectivity index (χ0) is 20.1. The number of amides is 1. The molecule has 0 bridgehead atoms. The first-order valence-electron chi connectivity index (χ1n) is 9.17. The van der Waals surface area contributed by atoms with Crippen molar-refractivity contribution in [2.24, 2.45) is 10.2 Å². The van der Waals surface area contributed by atoms with Gasteiger partial charge in [-0.15, -0.1) is 5.10 Å². The van der Waals surface area contributed by atoms with Gasteiger partial charge in [0, 0.05) is 10.6 Å². The SMILES string of the molecule is O=C1C(Cc2ccccc2)S/C(=N\N=C\c2ccccc2Cl)N1c1ccccc1. The Morgan fingerprint density at radius 1 is 0.931 bits per heavy atom. The van der Waals surface area contributed by atoms with Crippen LogP contribution in [0.15, 0.2) is 95.1 Å². The van der Waals surface area contributed by atoms with Gasteiger partial charge in [0.05, 0.1) is 17.2 Å². The summed E-state index contributed by atoms with van der Waals surface area (Å²) in [7, 11) is 0. The first-order valence-corrected chi connectivity index (χ1v) is 10.4. The van der Waals surface area contributed by atoms with Gasteiger partial charge in [-0.3, -0.25) is 9.69 Å². The molecule has 6 heteroatoms. The highest BCUT2D eigenvalue weighted by molar-refractivity contribution is 8.16. The first kappa shape index (κ1) is 19.4. The highest BCUT2D eigenvalue weighted by Crippen LogP contribution is 2.33. The lowest BCUT2D eigenvalue weighted by Gasteiger charge is -2.15. The number of carbonyl (C=O) groups excluding carboxylic acids is 1. The number of hydrogen-bond donors (Lipinski definition) is 0. The zero-order valence-corrected chi connectivity index (χ0v) is 17.1. The maximum Gasteiger partial charge on any atom is 0.247 e. The van der Waals surface area contributed by atoms with Crippen molar-refractivity contribution in [3.63, 3.8) is 0 Å². The molecule has 3 aromatic carbocycles. The molecular weight excluding hydrogens is 402 g/mol. The quantitative estimate of drug-likeness (QED) is 0.409. The van der Waals surface area contributed by atoms with Crippen molar-refractivity contribution in [2.75, 3.05) is 4.90 Å². The lowest BCUT2D eigenvalue weighted by molar-refractivity contribution is -0.116. The molecule has 4 nitrogen and oxygen atoms in total. The van der Waals surface area contributed by atoms with Crippen molar-refractivity contribution in [3.8, 4) is 0 Å². The summed E-state index contributed by atoms with van der Waals surface area (Å²) in [5.74, 6) is 0.0109. The lowest BCUT2D eigenvalue weighted by atomic mass is 10.1. The van der Waals surface area contributed by atoms with E-state index in [1.54, 1.807) is 17.2 Å². The van der Waals surface area contributed by atoms with E-state index in [1.807, 2.05) is 78.9 Å². The fourth-order valence-corrected chi connectivity index (χ4v) is 4.35. The third-order valence-electron chi connectivity index (χ3n) is 4.46. The van der Waals surface area contributed by atoms with Gasteiger partial charge in [0.1, 0.15) is 0 Å². The lowest BCUT2D eigenvalue weighted by Crippen LogP contribution is -2.32. The highest BCUT2D eigenvalue weighted by Gasteiger charge is 2.39. The van der Waals surface area contributed by atoms with E-state index in [9.17, 15) is 4.79 Å². The molecular formula is C23H18ClN3OS. The van der Waals surface area contributed by atoms with Gasteiger partial charge in [-0.05, 0) is 30.2 Å². The van der Waals surface area contributed by atoms with Gasteiger partial charge >= 0.3 is 0 Å². The van der Waals surface area contributed by atoms with Crippen LogP contribution in [-0.2, 0) is 11.2 Å². The van der Waals surface area contributed by atoms with Crippen LogP contribution in [0.2, 0.25) is 5.02 Å². The molecule has 1 aliphatic heterocycles. The van der Waals surface area contributed by atoms with Gasteiger partial charge in [0.25, 0.3) is 0 Å². The summed E-state index contributed by atoms with van der Waals surface area (Å²) in [5.41, 5.74) is 2.68. The number of para-hydroxylation sites is 1. The summed E-state index contributed by atoms with van der Waals surface area (Å²) in [6, 6.07) is 27.0. The molecule has 144 valence electrons. The average Bonchev–Trinajstić information content (AvgIpc) is 3.06. The topological polar surface area (TPSA) is 45.0 Å². The van der Waals surface area contributed by atoms with Crippen LogP contribution in [-0.4, -0.2) is 22.5 Å². The van der Waals surface area contributed by atoms with Crippen LogP contribution in [0.25, 0.3) is 0 Å². The number of thioether (sulfide) groups is 1. The third kappa shape index (κ3) is 4.58. The summed E-state index contributed by atoms with van der Waals surface area (Å²) in [5, 5.41) is 9.48. The molecule has 1 fully saturated rings. The van der Waals surface area contributed by atoms with E-state index < -0.39 is 0 Å². The molecule has 0 N–H and O–H groups in total. The highest BCUT2D eigenvalue weighted by atomic mass is 35.5. The van der Waals surface area contributed by atoms with E-state index in [4.69, 9.17) is 11.6 Å². The number of hydrogen-bond acceptors (Lipinski definition) is 4. The van der Waals surface area contributed by atoms with Crippen molar-refractivity contribution in [1.82, 2.24) is 0 Å². The monoisotopic (exact) mass is 419 g/mol. The Bertz CT molecular complexity index is 1050. The number of carbonyl (C=O) groups is 1. The smallest absolute Gasteiger partial charge is 0.247 e. The number of anilines is 1. The fraction of sp³-hybridized carbons (Fsp3) is 0.0870. The van der Waals surface area contributed by atoms with Gasteiger partial charge < -0.3 is 0 Å². The minimum absolute atomic E-state index is 0.0109. The van der Waals surface area contributed by atoms with Gasteiger partial charge in [-0.2, -0.15) is 5.10 Å². The summed E-state index contributed by atoms with van der Waals surface area (Å²) >= 11 is 7.61. The molecule has 0 aliphatic carbocycles. The van der Waals surface area contributed by atoms with Crippen LogP contribution < -0.4 is 4.90 Å². The molecule has 0 spiro atoms. The summed E-state index contributed by atoms with van der Waals surface area (Å²) in [6.45, 7) is 0. The van der Waals surface area contributed by atoms with Crippen LogP contribution in [0, 0.1) is 0 Å². The average molecular weight is 420 g/mol. The third-order valence-corrected chi connectivity index (χ3v) is 5.93. The fourth-order valence-electron chi connectivity index (χ4n) is 3.03. The zero-order valence-electron chi connectivity index (χ0n) is 15.5. The van der Waals surface area contributed by atoms with Crippen LogP contribution in [0.5, 0.6) is 0 Å². The van der Waals surface area contributed by atoms with E-state index in [1.165, 1.54) is 11.8 Å². The summed E-state index contributed by atoms with van der Waals surface area (Å²) in [4.78, 5) is 14.8. The molecule has 1 heterocycles. The van der Waals surface area contributed by atoms with Gasteiger partial charge in [-0.25, -0.2) is 0 Å². The number of benzene rings is 3. The maximum absolute atomic E-state index is 13.2. The molecule has 1 saturated heterocycles.